The molecule has 5 heteroatoms. The lowest BCUT2D eigenvalue weighted by Crippen LogP contribution is -1.89. The number of rotatable bonds is 2. The number of benzene rings is 1. The number of nitrogens with zero attached hydrogens (tertiary/aromatic N) is 2. The molecule has 1 heterocycles. The Hall–Kier alpha value is -1.13. The fourth-order valence-corrected chi connectivity index (χ4v) is 1.55. The maximum absolute atomic E-state index is 5.63. The molecular formula is C10H6BrClN2O. The van der Waals surface area contributed by atoms with Gasteiger partial charge in [-0.2, -0.15) is 4.98 Å². The number of aromatic nitrogens is 2. The van der Waals surface area contributed by atoms with Gasteiger partial charge in [0, 0.05) is 16.7 Å². The average Bonchev–Trinajstić information content (AvgIpc) is 2.17. The normalized spacial score (nSPS) is 10.0. The van der Waals surface area contributed by atoms with Crippen molar-refractivity contribution in [2.45, 2.75) is 0 Å². The molecule has 0 atom stereocenters. The Kier molecular flexibility index (Phi) is 3.18. The molecule has 0 saturated carbocycles. The zero-order valence-corrected chi connectivity index (χ0v) is 9.86. The van der Waals surface area contributed by atoms with E-state index in [-0.39, 0.29) is 5.28 Å². The molecule has 0 aliphatic carbocycles. The molecule has 15 heavy (non-hydrogen) atoms. The van der Waals surface area contributed by atoms with Crippen LogP contribution in [-0.2, 0) is 0 Å². The molecule has 0 amide bonds. The molecule has 0 fully saturated rings. The van der Waals surface area contributed by atoms with Crippen LogP contribution in [0.15, 0.2) is 41.0 Å². The van der Waals surface area contributed by atoms with Crippen molar-refractivity contribution in [3.8, 4) is 11.6 Å². The quantitative estimate of drug-likeness (QED) is 0.789. The predicted octanol–water partition coefficient (Wildman–Crippen LogP) is 3.68. The molecule has 0 aliphatic rings. The molecule has 76 valence electrons. The van der Waals surface area contributed by atoms with E-state index in [4.69, 9.17) is 16.3 Å². The summed E-state index contributed by atoms with van der Waals surface area (Å²) in [6.45, 7) is 0. The molecule has 0 saturated heterocycles. The van der Waals surface area contributed by atoms with Crippen molar-refractivity contribution in [2.75, 3.05) is 0 Å². The summed E-state index contributed by atoms with van der Waals surface area (Å²) < 4.78 is 6.42. The summed E-state index contributed by atoms with van der Waals surface area (Å²) in [4.78, 5) is 7.68. The second-order valence-electron chi connectivity index (χ2n) is 2.72. The number of hydrogen-bond donors (Lipinski definition) is 0. The van der Waals surface area contributed by atoms with Crippen molar-refractivity contribution in [1.82, 2.24) is 9.97 Å². The fraction of sp³-hybridized carbons (Fsp3) is 0. The first-order chi connectivity index (χ1) is 7.24. The van der Waals surface area contributed by atoms with Gasteiger partial charge in [0.05, 0.1) is 0 Å². The highest BCUT2D eigenvalue weighted by Gasteiger charge is 2.00. The molecule has 2 rings (SSSR count). The predicted molar refractivity (Wildman–Crippen MR) is 61.3 cm³/mol. The third kappa shape index (κ3) is 2.91. The third-order valence-electron chi connectivity index (χ3n) is 1.62. The van der Waals surface area contributed by atoms with E-state index in [1.54, 1.807) is 12.3 Å². The Morgan fingerprint density at radius 3 is 2.87 bits per heavy atom. The van der Waals surface area contributed by atoms with Gasteiger partial charge in [0.25, 0.3) is 0 Å². The molecule has 1 aromatic carbocycles. The van der Waals surface area contributed by atoms with Crippen molar-refractivity contribution in [2.24, 2.45) is 0 Å². The highest BCUT2D eigenvalue weighted by Crippen LogP contribution is 2.23. The van der Waals surface area contributed by atoms with Crippen molar-refractivity contribution in [3.63, 3.8) is 0 Å². The van der Waals surface area contributed by atoms with Crippen molar-refractivity contribution in [1.29, 1.82) is 0 Å². The summed E-state index contributed by atoms with van der Waals surface area (Å²) in [6.07, 6.45) is 1.54. The fourth-order valence-electron chi connectivity index (χ4n) is 1.03. The van der Waals surface area contributed by atoms with Gasteiger partial charge in [0.15, 0.2) is 0 Å². The SMILES string of the molecule is Clc1nccc(Oc2cccc(Br)c2)n1. The smallest absolute Gasteiger partial charge is 0.225 e. The zero-order chi connectivity index (χ0) is 10.7. The van der Waals surface area contributed by atoms with Crippen molar-refractivity contribution < 1.29 is 4.74 Å². The first kappa shape index (κ1) is 10.4. The number of ether oxygens (including phenoxy) is 1. The van der Waals surface area contributed by atoms with Gasteiger partial charge in [-0.05, 0) is 29.8 Å². The van der Waals surface area contributed by atoms with Crippen LogP contribution in [0.2, 0.25) is 5.28 Å². The first-order valence-corrected chi connectivity index (χ1v) is 5.33. The molecular weight excluding hydrogens is 279 g/mol. The zero-order valence-electron chi connectivity index (χ0n) is 7.52. The van der Waals surface area contributed by atoms with Crippen LogP contribution in [-0.4, -0.2) is 9.97 Å². The van der Waals surface area contributed by atoms with Crippen LogP contribution in [0.4, 0.5) is 0 Å². The van der Waals surface area contributed by atoms with E-state index < -0.39 is 0 Å². The molecule has 1 aromatic heterocycles. The summed E-state index contributed by atoms with van der Waals surface area (Å²) in [5.74, 6) is 1.12. The summed E-state index contributed by atoms with van der Waals surface area (Å²) in [5, 5.41) is 0.169. The average molecular weight is 286 g/mol. The molecule has 3 nitrogen and oxygen atoms in total. The van der Waals surface area contributed by atoms with E-state index in [0.29, 0.717) is 11.6 Å². The Bertz CT molecular complexity index is 435. The number of hydrogen-bond acceptors (Lipinski definition) is 3. The molecule has 0 aliphatic heterocycles. The maximum atomic E-state index is 5.63. The van der Waals surface area contributed by atoms with Gasteiger partial charge in [-0.25, -0.2) is 4.98 Å². The van der Waals surface area contributed by atoms with Crippen LogP contribution < -0.4 is 4.74 Å². The Morgan fingerprint density at radius 2 is 2.13 bits per heavy atom. The van der Waals surface area contributed by atoms with Gasteiger partial charge in [-0.3, -0.25) is 0 Å². The van der Waals surface area contributed by atoms with E-state index in [0.717, 1.165) is 4.47 Å². The van der Waals surface area contributed by atoms with Crippen LogP contribution >= 0.6 is 27.5 Å². The second-order valence-corrected chi connectivity index (χ2v) is 3.98. The summed E-state index contributed by atoms with van der Waals surface area (Å²) >= 11 is 8.98. The van der Waals surface area contributed by atoms with E-state index in [2.05, 4.69) is 25.9 Å². The first-order valence-electron chi connectivity index (χ1n) is 4.16. The van der Waals surface area contributed by atoms with Gasteiger partial charge in [-0.15, -0.1) is 0 Å². The van der Waals surface area contributed by atoms with Gasteiger partial charge in [0.1, 0.15) is 5.75 Å². The van der Waals surface area contributed by atoms with Gasteiger partial charge in [-0.1, -0.05) is 22.0 Å². The summed E-state index contributed by atoms with van der Waals surface area (Å²) in [7, 11) is 0. The largest absolute Gasteiger partial charge is 0.439 e. The molecule has 0 unspecified atom stereocenters. The minimum absolute atomic E-state index is 0.169. The molecule has 0 radical (unpaired) electrons. The van der Waals surface area contributed by atoms with Crippen LogP contribution in [0.1, 0.15) is 0 Å². The maximum Gasteiger partial charge on any atom is 0.225 e. The van der Waals surface area contributed by atoms with E-state index in [1.807, 2.05) is 24.3 Å². The van der Waals surface area contributed by atoms with Crippen LogP contribution in [0.3, 0.4) is 0 Å². The lowest BCUT2D eigenvalue weighted by atomic mass is 10.3. The summed E-state index contributed by atoms with van der Waals surface area (Å²) in [5.41, 5.74) is 0. The third-order valence-corrected chi connectivity index (χ3v) is 2.29. The van der Waals surface area contributed by atoms with E-state index in [9.17, 15) is 0 Å². The van der Waals surface area contributed by atoms with Crippen LogP contribution in [0, 0.1) is 0 Å². The van der Waals surface area contributed by atoms with Crippen LogP contribution in [0.25, 0.3) is 0 Å². The molecule has 2 aromatic rings. The second kappa shape index (κ2) is 4.59. The Morgan fingerprint density at radius 1 is 1.27 bits per heavy atom. The topological polar surface area (TPSA) is 35.0 Å². The lowest BCUT2D eigenvalue weighted by Gasteiger charge is -2.04. The minimum atomic E-state index is 0.169. The van der Waals surface area contributed by atoms with Gasteiger partial charge < -0.3 is 4.74 Å². The lowest BCUT2D eigenvalue weighted by molar-refractivity contribution is 0.461. The van der Waals surface area contributed by atoms with Crippen molar-refractivity contribution in [3.05, 3.63) is 46.3 Å². The number of halogens is 2. The van der Waals surface area contributed by atoms with Gasteiger partial charge in [0.2, 0.25) is 11.2 Å². The standard InChI is InChI=1S/C10H6BrClN2O/c11-7-2-1-3-8(6-7)15-9-4-5-13-10(12)14-9/h1-6H. The van der Waals surface area contributed by atoms with Crippen molar-refractivity contribution >= 4 is 27.5 Å². The Labute approximate surface area is 100 Å². The highest BCUT2D eigenvalue weighted by atomic mass is 79.9. The van der Waals surface area contributed by atoms with Gasteiger partial charge >= 0.3 is 0 Å². The van der Waals surface area contributed by atoms with E-state index in [1.165, 1.54) is 0 Å². The molecule has 0 bridgehead atoms. The highest BCUT2D eigenvalue weighted by molar-refractivity contribution is 9.10. The van der Waals surface area contributed by atoms with E-state index >= 15 is 0 Å². The van der Waals surface area contributed by atoms with Crippen LogP contribution in [0.5, 0.6) is 11.6 Å². The Balaban J connectivity index is 2.22. The minimum Gasteiger partial charge on any atom is -0.439 e. The molecule has 0 N–H and O–H groups in total. The molecule has 0 spiro atoms. The monoisotopic (exact) mass is 284 g/mol. The summed E-state index contributed by atoms with van der Waals surface area (Å²) in [6, 6.07) is 9.12.